The molecule has 1 aliphatic rings. The fourth-order valence-corrected chi connectivity index (χ4v) is 2.38. The predicted octanol–water partition coefficient (Wildman–Crippen LogP) is 1.01. The molecule has 0 saturated carbocycles. The van der Waals surface area contributed by atoms with Crippen molar-refractivity contribution in [1.29, 1.82) is 0 Å². The van der Waals surface area contributed by atoms with Crippen LogP contribution < -0.4 is 11.1 Å². The van der Waals surface area contributed by atoms with Crippen LogP contribution in [0.5, 0.6) is 0 Å². The minimum Gasteiger partial charge on any atom is -0.389 e. The molecule has 0 radical (unpaired) electrons. The van der Waals surface area contributed by atoms with Crippen molar-refractivity contribution in [3.63, 3.8) is 0 Å². The van der Waals surface area contributed by atoms with E-state index in [4.69, 9.17) is 18.0 Å². The van der Waals surface area contributed by atoms with E-state index in [9.17, 15) is 0 Å². The largest absolute Gasteiger partial charge is 0.389 e. The van der Waals surface area contributed by atoms with Crippen molar-refractivity contribution in [2.24, 2.45) is 5.73 Å². The van der Waals surface area contributed by atoms with Crippen LogP contribution in [0.4, 0.5) is 5.82 Å². The zero-order valence-electron chi connectivity index (χ0n) is 10.6. The van der Waals surface area contributed by atoms with Gasteiger partial charge in [0, 0.05) is 12.6 Å². The number of rotatable bonds is 5. The van der Waals surface area contributed by atoms with Crippen LogP contribution in [-0.4, -0.2) is 45.8 Å². The van der Waals surface area contributed by atoms with E-state index in [0.717, 1.165) is 12.1 Å². The molecule has 2 rings (SSSR count). The Balaban J connectivity index is 1.95. The van der Waals surface area contributed by atoms with E-state index >= 15 is 0 Å². The lowest BCUT2D eigenvalue weighted by Gasteiger charge is -2.24. The minimum atomic E-state index is 0.348. The summed E-state index contributed by atoms with van der Waals surface area (Å²) >= 11 is 5.00. The van der Waals surface area contributed by atoms with E-state index in [0.29, 0.717) is 16.8 Å². The molecule has 1 aromatic heterocycles. The maximum Gasteiger partial charge on any atom is 0.158 e. The first-order valence-electron chi connectivity index (χ1n) is 6.28. The molecule has 0 aliphatic carbocycles. The second kappa shape index (κ2) is 6.06. The number of nitrogens with zero attached hydrogens (tertiary/aromatic N) is 3. The Labute approximate surface area is 113 Å². The van der Waals surface area contributed by atoms with Crippen LogP contribution in [0.3, 0.4) is 0 Å². The van der Waals surface area contributed by atoms with Crippen molar-refractivity contribution >= 4 is 23.0 Å². The Kier molecular flexibility index (Phi) is 4.43. The van der Waals surface area contributed by atoms with Crippen molar-refractivity contribution in [2.75, 3.05) is 25.0 Å². The molecule has 1 aliphatic heterocycles. The molecule has 98 valence electrons. The quantitative estimate of drug-likeness (QED) is 0.775. The Hall–Kier alpha value is -1.27. The van der Waals surface area contributed by atoms with E-state index in [2.05, 4.69) is 27.3 Å². The summed E-state index contributed by atoms with van der Waals surface area (Å²) in [5.74, 6) is 0.677. The molecule has 6 heteroatoms. The van der Waals surface area contributed by atoms with Crippen molar-refractivity contribution in [2.45, 2.75) is 25.8 Å². The number of nitrogens with two attached hydrogens (primary N) is 1. The van der Waals surface area contributed by atoms with Gasteiger partial charge in [0.2, 0.25) is 0 Å². The lowest BCUT2D eigenvalue weighted by atomic mass is 10.2. The first-order valence-corrected chi connectivity index (χ1v) is 6.68. The van der Waals surface area contributed by atoms with Crippen LogP contribution >= 0.6 is 12.2 Å². The molecule has 0 spiro atoms. The van der Waals surface area contributed by atoms with Crippen LogP contribution in [-0.2, 0) is 0 Å². The first-order chi connectivity index (χ1) is 8.68. The number of likely N-dealkylation sites (tertiary alicyclic amines) is 1. The third-order valence-electron chi connectivity index (χ3n) is 3.32. The molecule has 0 aromatic carbocycles. The van der Waals surface area contributed by atoms with Gasteiger partial charge in [-0.15, -0.1) is 5.10 Å². The summed E-state index contributed by atoms with van der Waals surface area (Å²) < 4.78 is 0. The highest BCUT2D eigenvalue weighted by atomic mass is 32.1. The molecule has 1 atom stereocenters. The average molecular weight is 265 g/mol. The highest BCUT2D eigenvalue weighted by molar-refractivity contribution is 7.80. The summed E-state index contributed by atoms with van der Waals surface area (Å²) in [5, 5.41) is 11.2. The van der Waals surface area contributed by atoms with Crippen molar-refractivity contribution in [3.8, 4) is 0 Å². The molecular formula is C12H19N5S. The Morgan fingerprint density at radius 3 is 2.94 bits per heavy atom. The zero-order valence-corrected chi connectivity index (χ0v) is 11.4. The number of aromatic nitrogens is 2. The number of nitrogens with one attached hydrogen (secondary N) is 1. The highest BCUT2D eigenvalue weighted by Gasteiger charge is 2.18. The van der Waals surface area contributed by atoms with Gasteiger partial charge in [0.05, 0.1) is 11.8 Å². The molecule has 1 unspecified atom stereocenters. The Bertz CT molecular complexity index is 417. The van der Waals surface area contributed by atoms with Gasteiger partial charge in [0.15, 0.2) is 5.82 Å². The van der Waals surface area contributed by atoms with Crippen LogP contribution in [0.25, 0.3) is 0 Å². The number of hydrogen-bond acceptors (Lipinski definition) is 5. The third kappa shape index (κ3) is 3.14. The molecule has 0 amide bonds. The molecule has 0 bridgehead atoms. The molecule has 1 saturated heterocycles. The summed E-state index contributed by atoms with van der Waals surface area (Å²) in [4.78, 5) is 2.82. The second-order valence-electron chi connectivity index (χ2n) is 4.63. The lowest BCUT2D eigenvalue weighted by molar-refractivity contribution is 0.269. The zero-order chi connectivity index (χ0) is 13.0. The van der Waals surface area contributed by atoms with E-state index in [1.54, 1.807) is 12.3 Å². The second-order valence-corrected chi connectivity index (χ2v) is 5.07. The van der Waals surface area contributed by atoms with Crippen LogP contribution in [0.2, 0.25) is 0 Å². The number of thiocarbonyl (C=S) groups is 1. The Morgan fingerprint density at radius 1 is 1.56 bits per heavy atom. The fraction of sp³-hybridized carbons (Fsp3) is 0.583. The van der Waals surface area contributed by atoms with E-state index in [1.165, 1.54) is 25.9 Å². The minimum absolute atomic E-state index is 0.348. The maximum atomic E-state index is 5.66. The van der Waals surface area contributed by atoms with Gasteiger partial charge in [0.25, 0.3) is 0 Å². The number of hydrogen-bond donors (Lipinski definition) is 2. The molecule has 5 nitrogen and oxygen atoms in total. The highest BCUT2D eigenvalue weighted by Crippen LogP contribution is 2.14. The van der Waals surface area contributed by atoms with Crippen LogP contribution in [0, 0.1) is 0 Å². The van der Waals surface area contributed by atoms with E-state index < -0.39 is 0 Å². The van der Waals surface area contributed by atoms with Gasteiger partial charge in [-0.1, -0.05) is 12.2 Å². The van der Waals surface area contributed by atoms with Crippen molar-refractivity contribution < 1.29 is 0 Å². The summed E-state index contributed by atoms with van der Waals surface area (Å²) in [7, 11) is 0. The van der Waals surface area contributed by atoms with Gasteiger partial charge in [0.1, 0.15) is 4.99 Å². The summed E-state index contributed by atoms with van der Waals surface area (Å²) in [5.41, 5.74) is 6.41. The van der Waals surface area contributed by atoms with Crippen LogP contribution in [0.1, 0.15) is 25.3 Å². The lowest BCUT2D eigenvalue weighted by Crippen LogP contribution is -2.36. The SMILES string of the molecule is CC(CNc1nnccc1C(N)=S)N1CCCC1. The average Bonchev–Trinajstić information content (AvgIpc) is 2.90. The molecule has 18 heavy (non-hydrogen) atoms. The van der Waals surface area contributed by atoms with Gasteiger partial charge in [-0.05, 0) is 38.9 Å². The van der Waals surface area contributed by atoms with Gasteiger partial charge in [-0.2, -0.15) is 5.10 Å². The van der Waals surface area contributed by atoms with Gasteiger partial charge in [-0.25, -0.2) is 0 Å². The monoisotopic (exact) mass is 265 g/mol. The van der Waals surface area contributed by atoms with E-state index in [-0.39, 0.29) is 0 Å². The maximum absolute atomic E-state index is 5.66. The third-order valence-corrected chi connectivity index (χ3v) is 3.54. The van der Waals surface area contributed by atoms with Crippen molar-refractivity contribution in [3.05, 3.63) is 17.8 Å². The van der Waals surface area contributed by atoms with Gasteiger partial charge < -0.3 is 11.1 Å². The molecular weight excluding hydrogens is 246 g/mol. The van der Waals surface area contributed by atoms with E-state index in [1.807, 2.05) is 0 Å². The number of anilines is 1. The predicted molar refractivity (Wildman–Crippen MR) is 76.7 cm³/mol. The van der Waals surface area contributed by atoms with Crippen LogP contribution in [0.15, 0.2) is 12.3 Å². The summed E-state index contributed by atoms with van der Waals surface area (Å²) in [6.45, 7) is 5.42. The topological polar surface area (TPSA) is 67.1 Å². The molecule has 3 N–H and O–H groups in total. The first kappa shape index (κ1) is 13.2. The standard InChI is InChI=1S/C12H19N5S/c1-9(17-6-2-3-7-17)8-14-12-10(11(13)18)4-5-15-16-12/h4-5,9H,2-3,6-8H2,1H3,(H2,13,18)(H,14,16). The smallest absolute Gasteiger partial charge is 0.158 e. The summed E-state index contributed by atoms with van der Waals surface area (Å²) in [6.07, 6.45) is 4.20. The van der Waals surface area contributed by atoms with Gasteiger partial charge >= 0.3 is 0 Å². The molecule has 1 fully saturated rings. The normalized spacial score (nSPS) is 17.6. The van der Waals surface area contributed by atoms with Crippen molar-refractivity contribution in [1.82, 2.24) is 15.1 Å². The summed E-state index contributed by atoms with van der Waals surface area (Å²) in [6, 6.07) is 2.27. The van der Waals surface area contributed by atoms with Gasteiger partial charge in [-0.3, -0.25) is 4.90 Å². The Morgan fingerprint density at radius 2 is 2.28 bits per heavy atom. The molecule has 1 aromatic rings. The fourth-order valence-electron chi connectivity index (χ4n) is 2.22. The molecule has 2 heterocycles.